The summed E-state index contributed by atoms with van der Waals surface area (Å²) in [6.45, 7) is 4.11. The molecule has 1 aromatic heterocycles. The highest BCUT2D eigenvalue weighted by Gasteiger charge is 2.09. The van der Waals surface area contributed by atoms with E-state index in [4.69, 9.17) is 4.74 Å². The second-order valence-electron chi connectivity index (χ2n) is 5.94. The Kier molecular flexibility index (Phi) is 4.80. The lowest BCUT2D eigenvalue weighted by molar-refractivity contribution is 0.102. The molecule has 126 valence electrons. The molecule has 1 heterocycles. The molecule has 1 amide bonds. The van der Waals surface area contributed by atoms with Crippen LogP contribution in [0.15, 0.2) is 60.8 Å². The number of hydrogen-bond acceptors (Lipinski definition) is 3. The lowest BCUT2D eigenvalue weighted by Crippen LogP contribution is -2.12. The van der Waals surface area contributed by atoms with Crippen LogP contribution in [-0.2, 0) is 0 Å². The van der Waals surface area contributed by atoms with Gasteiger partial charge in [-0.25, -0.2) is 0 Å². The minimum Gasteiger partial charge on any atom is -0.497 e. The van der Waals surface area contributed by atoms with Crippen molar-refractivity contribution in [3.05, 3.63) is 77.5 Å². The summed E-state index contributed by atoms with van der Waals surface area (Å²) in [5.74, 6) is 0.495. The third kappa shape index (κ3) is 3.86. The number of nitrogens with zero attached hydrogens (tertiary/aromatic N) is 1. The highest BCUT2D eigenvalue weighted by Crippen LogP contribution is 2.23. The Morgan fingerprint density at radius 3 is 2.60 bits per heavy atom. The zero-order chi connectivity index (χ0) is 17.8. The van der Waals surface area contributed by atoms with Crippen molar-refractivity contribution < 1.29 is 9.53 Å². The molecule has 0 fully saturated rings. The number of amides is 1. The summed E-state index contributed by atoms with van der Waals surface area (Å²) < 4.78 is 5.16. The number of methoxy groups -OCH3 is 1. The Morgan fingerprint density at radius 1 is 1.04 bits per heavy atom. The average molecular weight is 332 g/mol. The maximum absolute atomic E-state index is 12.4. The van der Waals surface area contributed by atoms with Crippen molar-refractivity contribution >= 4 is 11.6 Å². The minimum atomic E-state index is -0.201. The van der Waals surface area contributed by atoms with Crippen molar-refractivity contribution in [1.29, 1.82) is 0 Å². The van der Waals surface area contributed by atoms with E-state index in [2.05, 4.69) is 42.3 Å². The lowest BCUT2D eigenvalue weighted by Gasteiger charge is -2.09. The molecule has 4 nitrogen and oxygen atoms in total. The Labute approximate surface area is 147 Å². The number of anilines is 1. The van der Waals surface area contributed by atoms with Crippen LogP contribution < -0.4 is 10.1 Å². The summed E-state index contributed by atoms with van der Waals surface area (Å²) in [7, 11) is 1.59. The van der Waals surface area contributed by atoms with Crippen LogP contribution in [0.2, 0.25) is 0 Å². The molecule has 3 rings (SSSR count). The highest BCUT2D eigenvalue weighted by atomic mass is 16.5. The van der Waals surface area contributed by atoms with Gasteiger partial charge in [0.15, 0.2) is 0 Å². The first-order valence-corrected chi connectivity index (χ1v) is 8.06. The van der Waals surface area contributed by atoms with Gasteiger partial charge in [-0.1, -0.05) is 23.8 Å². The van der Waals surface area contributed by atoms with Crippen molar-refractivity contribution in [2.75, 3.05) is 12.4 Å². The van der Waals surface area contributed by atoms with Crippen LogP contribution >= 0.6 is 0 Å². The molecule has 0 aliphatic heterocycles. The van der Waals surface area contributed by atoms with Crippen molar-refractivity contribution in [2.24, 2.45) is 0 Å². The molecule has 1 N–H and O–H groups in total. The molecule has 0 saturated heterocycles. The minimum absolute atomic E-state index is 0.201. The summed E-state index contributed by atoms with van der Waals surface area (Å²) in [6, 6.07) is 17.2. The van der Waals surface area contributed by atoms with Gasteiger partial charge in [0.05, 0.1) is 18.4 Å². The quantitative estimate of drug-likeness (QED) is 0.758. The van der Waals surface area contributed by atoms with Crippen molar-refractivity contribution in [3.63, 3.8) is 0 Å². The van der Waals surface area contributed by atoms with Gasteiger partial charge in [-0.15, -0.1) is 0 Å². The zero-order valence-corrected chi connectivity index (χ0v) is 14.5. The molecule has 4 heteroatoms. The Morgan fingerprint density at radius 2 is 1.88 bits per heavy atom. The first-order valence-electron chi connectivity index (χ1n) is 8.06. The third-order valence-electron chi connectivity index (χ3n) is 4.02. The van der Waals surface area contributed by atoms with Crippen molar-refractivity contribution in [1.82, 2.24) is 4.98 Å². The highest BCUT2D eigenvalue weighted by molar-refractivity contribution is 6.04. The molecule has 0 saturated carbocycles. The predicted octanol–water partition coefficient (Wildman–Crippen LogP) is 4.63. The monoisotopic (exact) mass is 332 g/mol. The molecule has 0 radical (unpaired) electrons. The van der Waals surface area contributed by atoms with Crippen molar-refractivity contribution in [3.8, 4) is 17.0 Å². The van der Waals surface area contributed by atoms with Gasteiger partial charge < -0.3 is 10.1 Å². The molecular weight excluding hydrogens is 312 g/mol. The maximum Gasteiger partial charge on any atom is 0.257 e. The third-order valence-corrected chi connectivity index (χ3v) is 4.02. The first-order chi connectivity index (χ1) is 12.1. The number of rotatable bonds is 4. The molecule has 0 bridgehead atoms. The number of carbonyl (C=O) groups is 1. The van der Waals surface area contributed by atoms with Gasteiger partial charge in [0.2, 0.25) is 0 Å². The number of nitrogens with one attached hydrogen (secondary N) is 1. The van der Waals surface area contributed by atoms with E-state index >= 15 is 0 Å². The second-order valence-corrected chi connectivity index (χ2v) is 5.94. The number of aryl methyl sites for hydroxylation is 2. The number of pyridine rings is 1. The van der Waals surface area contributed by atoms with Gasteiger partial charge in [-0.3, -0.25) is 9.78 Å². The van der Waals surface area contributed by atoms with Gasteiger partial charge in [0.25, 0.3) is 5.91 Å². The zero-order valence-electron chi connectivity index (χ0n) is 14.5. The van der Waals surface area contributed by atoms with Gasteiger partial charge in [0.1, 0.15) is 5.75 Å². The molecule has 25 heavy (non-hydrogen) atoms. The number of benzene rings is 2. The predicted molar refractivity (Wildman–Crippen MR) is 100 cm³/mol. The van der Waals surface area contributed by atoms with E-state index in [1.165, 1.54) is 5.56 Å². The van der Waals surface area contributed by atoms with Gasteiger partial charge in [-0.05, 0) is 49.7 Å². The fourth-order valence-electron chi connectivity index (χ4n) is 2.60. The Bertz CT molecular complexity index is 902. The first kappa shape index (κ1) is 16.7. The summed E-state index contributed by atoms with van der Waals surface area (Å²) in [5, 5.41) is 2.85. The Hall–Kier alpha value is -3.14. The van der Waals surface area contributed by atoms with E-state index in [9.17, 15) is 4.79 Å². The Balaban J connectivity index is 1.79. The van der Waals surface area contributed by atoms with Crippen molar-refractivity contribution in [2.45, 2.75) is 13.8 Å². The molecule has 2 aromatic carbocycles. The van der Waals surface area contributed by atoms with Crippen LogP contribution in [0.5, 0.6) is 5.75 Å². The van der Waals surface area contributed by atoms with Crippen LogP contribution in [0, 0.1) is 13.8 Å². The fourth-order valence-corrected chi connectivity index (χ4v) is 2.60. The number of aromatic nitrogens is 1. The van der Waals surface area contributed by atoms with Gasteiger partial charge in [-0.2, -0.15) is 0 Å². The summed E-state index contributed by atoms with van der Waals surface area (Å²) in [4.78, 5) is 16.9. The topological polar surface area (TPSA) is 51.2 Å². The van der Waals surface area contributed by atoms with Crippen LogP contribution in [-0.4, -0.2) is 18.0 Å². The molecular formula is C21H20N2O2. The van der Waals surface area contributed by atoms with Gasteiger partial charge in [0, 0.05) is 23.5 Å². The van der Waals surface area contributed by atoms with E-state index in [-0.39, 0.29) is 5.91 Å². The standard InChI is InChI=1S/C21H20N2O2/c1-14-7-8-15(2)19(11-14)20-10-9-16(13-22-20)21(24)23-17-5-4-6-18(12-17)25-3/h4-13H,1-3H3,(H,23,24). The van der Waals surface area contributed by atoms with E-state index in [1.807, 2.05) is 24.3 Å². The average Bonchev–Trinajstić information content (AvgIpc) is 2.64. The SMILES string of the molecule is COc1cccc(NC(=O)c2ccc(-c3cc(C)ccc3C)nc2)c1. The number of ether oxygens (including phenoxy) is 1. The van der Waals surface area contributed by atoms with Crippen LogP contribution in [0.25, 0.3) is 11.3 Å². The smallest absolute Gasteiger partial charge is 0.257 e. The van der Waals surface area contributed by atoms with Crippen LogP contribution in [0.3, 0.4) is 0 Å². The maximum atomic E-state index is 12.4. The van der Waals surface area contributed by atoms with E-state index in [1.54, 1.807) is 25.4 Å². The van der Waals surface area contributed by atoms with Crippen LogP contribution in [0.4, 0.5) is 5.69 Å². The fraction of sp³-hybridized carbons (Fsp3) is 0.143. The van der Waals surface area contributed by atoms with E-state index in [0.717, 1.165) is 16.8 Å². The molecule has 0 aliphatic carbocycles. The molecule has 0 unspecified atom stereocenters. The van der Waals surface area contributed by atoms with E-state index < -0.39 is 0 Å². The number of hydrogen-bond donors (Lipinski definition) is 1. The molecule has 0 spiro atoms. The normalized spacial score (nSPS) is 10.4. The van der Waals surface area contributed by atoms with E-state index in [0.29, 0.717) is 17.0 Å². The van der Waals surface area contributed by atoms with Crippen LogP contribution in [0.1, 0.15) is 21.5 Å². The molecule has 0 atom stereocenters. The summed E-state index contributed by atoms with van der Waals surface area (Å²) in [6.07, 6.45) is 1.60. The molecule has 3 aromatic rings. The largest absolute Gasteiger partial charge is 0.497 e. The molecule has 0 aliphatic rings. The second kappa shape index (κ2) is 7.18. The van der Waals surface area contributed by atoms with Gasteiger partial charge >= 0.3 is 0 Å². The summed E-state index contributed by atoms with van der Waals surface area (Å²) >= 11 is 0. The number of carbonyl (C=O) groups excluding carboxylic acids is 1. The summed E-state index contributed by atoms with van der Waals surface area (Å²) in [5.41, 5.74) is 5.48. The lowest BCUT2D eigenvalue weighted by atomic mass is 10.0.